The van der Waals surface area contributed by atoms with Crippen LogP contribution in [-0.4, -0.2) is 28.7 Å². The Labute approximate surface area is 181 Å². The molecule has 6 heteroatoms. The van der Waals surface area contributed by atoms with Gasteiger partial charge in [0, 0.05) is 23.1 Å². The summed E-state index contributed by atoms with van der Waals surface area (Å²) < 4.78 is 11.0. The predicted molar refractivity (Wildman–Crippen MR) is 125 cm³/mol. The highest BCUT2D eigenvalue weighted by atomic mass is 32.1. The number of fused-ring (bicyclic) bond motifs is 1. The summed E-state index contributed by atoms with van der Waals surface area (Å²) in [5.74, 6) is 1.63. The first-order chi connectivity index (χ1) is 14.7. The van der Waals surface area contributed by atoms with E-state index in [1.54, 1.807) is 13.4 Å². The number of aromatic nitrogens is 1. The number of methoxy groups -OCH3 is 1. The van der Waals surface area contributed by atoms with Gasteiger partial charge in [0.2, 0.25) is 0 Å². The quantitative estimate of drug-likeness (QED) is 0.386. The second kappa shape index (κ2) is 9.05. The van der Waals surface area contributed by atoms with Crippen molar-refractivity contribution in [2.75, 3.05) is 19.0 Å². The lowest BCUT2D eigenvalue weighted by Crippen LogP contribution is -2.36. The van der Waals surface area contributed by atoms with E-state index in [0.29, 0.717) is 11.7 Å². The van der Waals surface area contributed by atoms with Gasteiger partial charge >= 0.3 is 0 Å². The first-order valence-corrected chi connectivity index (χ1v) is 10.3. The Kier molecular flexibility index (Phi) is 6.05. The first kappa shape index (κ1) is 20.0. The summed E-state index contributed by atoms with van der Waals surface area (Å²) in [7, 11) is 1.66. The van der Waals surface area contributed by atoms with Crippen LogP contribution in [0.3, 0.4) is 0 Å². The van der Waals surface area contributed by atoms with Gasteiger partial charge in [-0.05, 0) is 61.5 Å². The molecule has 0 radical (unpaired) electrons. The van der Waals surface area contributed by atoms with Crippen LogP contribution in [0, 0.1) is 6.92 Å². The summed E-state index contributed by atoms with van der Waals surface area (Å²) in [6.45, 7) is 3.47. The maximum absolute atomic E-state index is 5.77. The van der Waals surface area contributed by atoms with Gasteiger partial charge in [0.1, 0.15) is 11.5 Å². The van der Waals surface area contributed by atoms with E-state index in [4.69, 9.17) is 21.4 Å². The Morgan fingerprint density at radius 1 is 1.10 bits per heavy atom. The van der Waals surface area contributed by atoms with E-state index < -0.39 is 0 Å². The number of hydrogen-bond donors (Lipinski definition) is 2. The van der Waals surface area contributed by atoms with Crippen molar-refractivity contribution in [3.8, 4) is 5.75 Å². The Balaban J connectivity index is 1.55. The van der Waals surface area contributed by atoms with Crippen molar-refractivity contribution in [3.05, 3.63) is 83.9 Å². The standard InChI is InChI=1S/C24H25N3O2S/c1-17-19(20-9-3-4-10-21(20)25-17)13-14-27(16-18-8-7-15-29-18)24(30)26-22-11-5-6-12-23(22)28-2/h3-12,15,25H,13-14,16H2,1-2H3,(H,26,30). The smallest absolute Gasteiger partial charge is 0.173 e. The van der Waals surface area contributed by atoms with Crippen LogP contribution >= 0.6 is 12.2 Å². The number of H-pyrrole nitrogens is 1. The van der Waals surface area contributed by atoms with E-state index in [9.17, 15) is 0 Å². The van der Waals surface area contributed by atoms with Crippen LogP contribution in [0.1, 0.15) is 17.0 Å². The lowest BCUT2D eigenvalue weighted by molar-refractivity contribution is 0.368. The van der Waals surface area contributed by atoms with Crippen LogP contribution in [0.25, 0.3) is 10.9 Å². The third-order valence-corrected chi connectivity index (χ3v) is 5.58. The molecular weight excluding hydrogens is 394 g/mol. The molecule has 0 amide bonds. The zero-order valence-electron chi connectivity index (χ0n) is 17.1. The minimum atomic E-state index is 0.593. The maximum Gasteiger partial charge on any atom is 0.173 e. The largest absolute Gasteiger partial charge is 0.495 e. The molecule has 2 N–H and O–H groups in total. The molecular formula is C24H25N3O2S. The summed E-state index contributed by atoms with van der Waals surface area (Å²) in [6, 6.07) is 20.0. The zero-order chi connectivity index (χ0) is 20.9. The summed E-state index contributed by atoms with van der Waals surface area (Å²) in [5.41, 5.74) is 4.52. The van der Waals surface area contributed by atoms with Gasteiger partial charge in [-0.15, -0.1) is 0 Å². The van der Waals surface area contributed by atoms with E-state index in [-0.39, 0.29) is 0 Å². The van der Waals surface area contributed by atoms with Gasteiger partial charge in [0.15, 0.2) is 5.11 Å². The highest BCUT2D eigenvalue weighted by Crippen LogP contribution is 2.25. The number of benzene rings is 2. The van der Waals surface area contributed by atoms with Crippen LogP contribution in [-0.2, 0) is 13.0 Å². The molecule has 5 nitrogen and oxygen atoms in total. The molecule has 0 fully saturated rings. The van der Waals surface area contributed by atoms with Crippen molar-refractivity contribution in [1.29, 1.82) is 0 Å². The van der Waals surface area contributed by atoms with E-state index in [2.05, 4.69) is 46.4 Å². The normalized spacial score (nSPS) is 10.9. The molecule has 2 aromatic heterocycles. The average Bonchev–Trinajstić information content (AvgIpc) is 3.38. The third kappa shape index (κ3) is 4.33. The number of ether oxygens (including phenoxy) is 1. The highest BCUT2D eigenvalue weighted by molar-refractivity contribution is 7.80. The molecule has 2 aromatic carbocycles. The number of nitrogens with zero attached hydrogens (tertiary/aromatic N) is 1. The molecule has 30 heavy (non-hydrogen) atoms. The van der Waals surface area contributed by atoms with Gasteiger partial charge in [-0.2, -0.15) is 0 Å². The Morgan fingerprint density at radius 2 is 1.90 bits per heavy atom. The number of thiocarbonyl (C=S) groups is 1. The molecule has 0 aliphatic heterocycles. The molecule has 0 spiro atoms. The molecule has 2 heterocycles. The van der Waals surface area contributed by atoms with Crippen LogP contribution in [0.2, 0.25) is 0 Å². The molecule has 0 saturated heterocycles. The lowest BCUT2D eigenvalue weighted by Gasteiger charge is -2.25. The van der Waals surface area contributed by atoms with E-state index in [0.717, 1.165) is 35.7 Å². The Bertz CT molecular complexity index is 1130. The van der Waals surface area contributed by atoms with Gasteiger partial charge in [0.05, 0.1) is 25.6 Å². The molecule has 154 valence electrons. The molecule has 0 aliphatic rings. The molecule has 4 rings (SSSR count). The Hall–Kier alpha value is -3.25. The van der Waals surface area contributed by atoms with Gasteiger partial charge in [-0.3, -0.25) is 0 Å². The van der Waals surface area contributed by atoms with Gasteiger partial charge < -0.3 is 24.4 Å². The minimum Gasteiger partial charge on any atom is -0.495 e. The van der Waals surface area contributed by atoms with E-state index >= 15 is 0 Å². The van der Waals surface area contributed by atoms with Crippen LogP contribution < -0.4 is 10.1 Å². The highest BCUT2D eigenvalue weighted by Gasteiger charge is 2.16. The third-order valence-electron chi connectivity index (χ3n) is 5.22. The zero-order valence-corrected chi connectivity index (χ0v) is 18.0. The monoisotopic (exact) mass is 419 g/mol. The number of furan rings is 1. The molecule has 4 aromatic rings. The molecule has 0 atom stereocenters. The average molecular weight is 420 g/mol. The number of aryl methyl sites for hydroxylation is 1. The first-order valence-electron chi connectivity index (χ1n) is 9.93. The fourth-order valence-corrected chi connectivity index (χ4v) is 3.95. The van der Waals surface area contributed by atoms with Gasteiger partial charge in [-0.1, -0.05) is 30.3 Å². The van der Waals surface area contributed by atoms with Crippen molar-refractivity contribution in [1.82, 2.24) is 9.88 Å². The van der Waals surface area contributed by atoms with Crippen molar-refractivity contribution in [3.63, 3.8) is 0 Å². The van der Waals surface area contributed by atoms with Crippen molar-refractivity contribution in [2.24, 2.45) is 0 Å². The number of nitrogens with one attached hydrogen (secondary N) is 2. The lowest BCUT2D eigenvalue weighted by atomic mass is 10.1. The molecule has 0 aliphatic carbocycles. The molecule has 0 bridgehead atoms. The summed E-state index contributed by atoms with van der Waals surface area (Å²) in [4.78, 5) is 5.61. The second-order valence-corrected chi connectivity index (χ2v) is 7.54. The predicted octanol–water partition coefficient (Wildman–Crippen LogP) is 5.52. The fraction of sp³-hybridized carbons (Fsp3) is 0.208. The number of para-hydroxylation sites is 3. The number of hydrogen-bond acceptors (Lipinski definition) is 3. The van der Waals surface area contributed by atoms with Crippen molar-refractivity contribution in [2.45, 2.75) is 19.9 Å². The minimum absolute atomic E-state index is 0.593. The summed E-state index contributed by atoms with van der Waals surface area (Å²) in [5, 5.41) is 5.23. The van der Waals surface area contributed by atoms with Crippen LogP contribution in [0.4, 0.5) is 5.69 Å². The number of rotatable bonds is 7. The van der Waals surface area contributed by atoms with Crippen LogP contribution in [0.5, 0.6) is 5.75 Å². The maximum atomic E-state index is 5.77. The SMILES string of the molecule is COc1ccccc1NC(=S)N(CCc1c(C)[nH]c2ccccc12)Cc1ccco1. The molecule has 0 saturated carbocycles. The topological polar surface area (TPSA) is 53.4 Å². The fourth-order valence-electron chi connectivity index (χ4n) is 3.69. The van der Waals surface area contributed by atoms with Gasteiger partial charge in [0.25, 0.3) is 0 Å². The number of aromatic amines is 1. The summed E-state index contributed by atoms with van der Waals surface area (Å²) in [6.07, 6.45) is 2.55. The Morgan fingerprint density at radius 3 is 2.70 bits per heavy atom. The van der Waals surface area contributed by atoms with Crippen molar-refractivity contribution >= 4 is 33.9 Å². The van der Waals surface area contributed by atoms with Crippen LogP contribution in [0.15, 0.2) is 71.3 Å². The number of anilines is 1. The van der Waals surface area contributed by atoms with E-state index in [1.807, 2.05) is 36.4 Å². The van der Waals surface area contributed by atoms with E-state index in [1.165, 1.54) is 16.6 Å². The van der Waals surface area contributed by atoms with Crippen molar-refractivity contribution < 1.29 is 9.15 Å². The molecule has 0 unspecified atom stereocenters. The summed E-state index contributed by atoms with van der Waals surface area (Å²) >= 11 is 5.77. The second-order valence-electron chi connectivity index (χ2n) is 7.16. The van der Waals surface area contributed by atoms with Gasteiger partial charge in [-0.25, -0.2) is 0 Å².